The van der Waals surface area contributed by atoms with Gasteiger partial charge < -0.3 is 5.32 Å². The minimum absolute atomic E-state index is 0.0406. The lowest BCUT2D eigenvalue weighted by Crippen LogP contribution is -2.18. The van der Waals surface area contributed by atoms with Gasteiger partial charge in [0.15, 0.2) is 0 Å². The Balaban J connectivity index is 2.52. The number of hydrogen-bond donors (Lipinski definition) is 1. The summed E-state index contributed by atoms with van der Waals surface area (Å²) in [6.45, 7) is 5.92. The van der Waals surface area contributed by atoms with Gasteiger partial charge in [-0.05, 0) is 67.8 Å². The fraction of sp³-hybridized carbons (Fsp3) is 0.294. The normalized spacial score (nSPS) is 12.5. The quantitative estimate of drug-likeness (QED) is 0.863. The summed E-state index contributed by atoms with van der Waals surface area (Å²) in [5.41, 5.74) is 5.12. The molecule has 0 fully saturated rings. The van der Waals surface area contributed by atoms with Crippen molar-refractivity contribution in [2.75, 3.05) is 7.05 Å². The van der Waals surface area contributed by atoms with Crippen molar-refractivity contribution in [3.05, 3.63) is 69.0 Å². The molecular weight excluding hydrogens is 273 g/mol. The topological polar surface area (TPSA) is 12.0 Å². The molecule has 2 aromatic rings. The van der Waals surface area contributed by atoms with Crippen LogP contribution in [-0.4, -0.2) is 7.05 Å². The molecule has 0 aliphatic carbocycles. The molecule has 106 valence electrons. The molecule has 1 unspecified atom stereocenters. The van der Waals surface area contributed by atoms with Crippen LogP contribution in [0.2, 0.25) is 5.02 Å². The molecule has 0 saturated carbocycles. The minimum atomic E-state index is -0.270. The van der Waals surface area contributed by atoms with Crippen LogP contribution in [0.3, 0.4) is 0 Å². The Labute approximate surface area is 124 Å². The van der Waals surface area contributed by atoms with Crippen molar-refractivity contribution < 1.29 is 4.39 Å². The standard InChI is InChI=1S/C17H19ClFN/c1-10-5-6-13(7-11(10)2)17(20-4)14-8-12(3)16(19)9-15(14)18/h5-9,17,20H,1-4H3. The van der Waals surface area contributed by atoms with Crippen LogP contribution in [0.1, 0.15) is 33.9 Å². The van der Waals surface area contributed by atoms with E-state index in [0.717, 1.165) is 11.1 Å². The maximum atomic E-state index is 13.5. The van der Waals surface area contributed by atoms with Crippen LogP contribution in [0, 0.1) is 26.6 Å². The van der Waals surface area contributed by atoms with Gasteiger partial charge in [0.25, 0.3) is 0 Å². The zero-order valence-electron chi connectivity index (χ0n) is 12.2. The fourth-order valence-electron chi connectivity index (χ4n) is 2.35. The van der Waals surface area contributed by atoms with Crippen molar-refractivity contribution in [2.45, 2.75) is 26.8 Å². The molecule has 0 heterocycles. The van der Waals surface area contributed by atoms with Gasteiger partial charge in [0.05, 0.1) is 6.04 Å². The molecule has 20 heavy (non-hydrogen) atoms. The van der Waals surface area contributed by atoms with Gasteiger partial charge in [-0.15, -0.1) is 0 Å². The fourth-order valence-corrected chi connectivity index (χ4v) is 2.61. The lowest BCUT2D eigenvalue weighted by Gasteiger charge is -2.20. The van der Waals surface area contributed by atoms with Crippen molar-refractivity contribution in [2.24, 2.45) is 0 Å². The van der Waals surface area contributed by atoms with E-state index in [-0.39, 0.29) is 11.9 Å². The van der Waals surface area contributed by atoms with Gasteiger partial charge in [-0.1, -0.05) is 29.8 Å². The van der Waals surface area contributed by atoms with Crippen LogP contribution in [0.5, 0.6) is 0 Å². The van der Waals surface area contributed by atoms with Gasteiger partial charge >= 0.3 is 0 Å². The molecular formula is C17H19ClFN. The van der Waals surface area contributed by atoms with Crippen LogP contribution in [0.15, 0.2) is 30.3 Å². The molecule has 0 aliphatic heterocycles. The summed E-state index contributed by atoms with van der Waals surface area (Å²) in [5.74, 6) is -0.270. The number of aryl methyl sites for hydroxylation is 3. The van der Waals surface area contributed by atoms with Crippen LogP contribution < -0.4 is 5.32 Å². The molecule has 0 aromatic heterocycles. The molecule has 3 heteroatoms. The second-order valence-electron chi connectivity index (χ2n) is 5.19. The Morgan fingerprint density at radius 1 is 1.00 bits per heavy atom. The summed E-state index contributed by atoms with van der Waals surface area (Å²) in [7, 11) is 1.88. The first-order valence-corrected chi connectivity index (χ1v) is 7.01. The molecule has 1 N–H and O–H groups in total. The van der Waals surface area contributed by atoms with Gasteiger partial charge in [-0.25, -0.2) is 4.39 Å². The highest BCUT2D eigenvalue weighted by Crippen LogP contribution is 2.31. The average molecular weight is 292 g/mol. The monoisotopic (exact) mass is 291 g/mol. The maximum Gasteiger partial charge on any atom is 0.127 e. The summed E-state index contributed by atoms with van der Waals surface area (Å²) in [4.78, 5) is 0. The summed E-state index contributed by atoms with van der Waals surface area (Å²) in [5, 5.41) is 3.71. The Hall–Kier alpha value is -1.38. The average Bonchev–Trinajstić information content (AvgIpc) is 2.40. The van der Waals surface area contributed by atoms with Crippen molar-refractivity contribution in [1.82, 2.24) is 5.32 Å². The SMILES string of the molecule is CNC(c1ccc(C)c(C)c1)c1cc(C)c(F)cc1Cl. The number of rotatable bonds is 3. The molecule has 0 saturated heterocycles. The van der Waals surface area contributed by atoms with Crippen molar-refractivity contribution in [1.29, 1.82) is 0 Å². The summed E-state index contributed by atoms with van der Waals surface area (Å²) < 4.78 is 13.5. The van der Waals surface area contributed by atoms with Gasteiger partial charge in [0.1, 0.15) is 5.82 Å². The van der Waals surface area contributed by atoms with Gasteiger partial charge in [0.2, 0.25) is 0 Å². The van der Waals surface area contributed by atoms with Crippen LogP contribution in [0.25, 0.3) is 0 Å². The molecule has 0 radical (unpaired) electrons. The van der Waals surface area contributed by atoms with Crippen LogP contribution in [0.4, 0.5) is 4.39 Å². The van der Waals surface area contributed by atoms with Crippen LogP contribution in [-0.2, 0) is 0 Å². The molecule has 0 bridgehead atoms. The predicted molar refractivity (Wildman–Crippen MR) is 83.0 cm³/mol. The molecule has 2 aromatic carbocycles. The second kappa shape index (κ2) is 5.94. The van der Waals surface area contributed by atoms with E-state index in [4.69, 9.17) is 11.6 Å². The first-order chi connectivity index (χ1) is 9.43. The zero-order valence-corrected chi connectivity index (χ0v) is 13.0. The van der Waals surface area contributed by atoms with E-state index in [0.29, 0.717) is 10.6 Å². The van der Waals surface area contributed by atoms with Crippen molar-refractivity contribution in [3.8, 4) is 0 Å². The highest BCUT2D eigenvalue weighted by molar-refractivity contribution is 6.31. The van der Waals surface area contributed by atoms with E-state index < -0.39 is 0 Å². The molecule has 1 atom stereocenters. The Morgan fingerprint density at radius 3 is 2.30 bits per heavy atom. The Kier molecular flexibility index (Phi) is 4.46. The molecule has 0 amide bonds. The Morgan fingerprint density at radius 2 is 1.70 bits per heavy atom. The van der Waals surface area contributed by atoms with Crippen LogP contribution >= 0.6 is 11.6 Å². The molecule has 0 spiro atoms. The predicted octanol–water partition coefficient (Wildman–Crippen LogP) is 4.71. The van der Waals surface area contributed by atoms with Crippen molar-refractivity contribution >= 4 is 11.6 Å². The lowest BCUT2D eigenvalue weighted by molar-refractivity contribution is 0.614. The first-order valence-electron chi connectivity index (χ1n) is 6.64. The lowest BCUT2D eigenvalue weighted by atomic mass is 9.94. The summed E-state index contributed by atoms with van der Waals surface area (Å²) in [6, 6.07) is 9.48. The maximum absolute atomic E-state index is 13.5. The minimum Gasteiger partial charge on any atom is -0.309 e. The van der Waals surface area contributed by atoms with E-state index in [1.165, 1.54) is 17.2 Å². The van der Waals surface area contributed by atoms with E-state index in [1.807, 2.05) is 13.1 Å². The number of benzene rings is 2. The van der Waals surface area contributed by atoms with Gasteiger partial charge in [-0.3, -0.25) is 0 Å². The third kappa shape index (κ3) is 2.87. The Bertz CT molecular complexity index is 637. The largest absolute Gasteiger partial charge is 0.309 e. The third-order valence-electron chi connectivity index (χ3n) is 3.74. The summed E-state index contributed by atoms with van der Waals surface area (Å²) in [6.07, 6.45) is 0. The molecule has 1 nitrogen and oxygen atoms in total. The zero-order chi connectivity index (χ0) is 14.9. The highest BCUT2D eigenvalue weighted by atomic mass is 35.5. The van der Waals surface area contributed by atoms with E-state index in [2.05, 4.69) is 37.4 Å². The smallest absolute Gasteiger partial charge is 0.127 e. The summed E-state index contributed by atoms with van der Waals surface area (Å²) >= 11 is 6.22. The van der Waals surface area contributed by atoms with Gasteiger partial charge in [-0.2, -0.15) is 0 Å². The number of nitrogens with one attached hydrogen (secondary N) is 1. The van der Waals surface area contributed by atoms with E-state index in [9.17, 15) is 4.39 Å². The molecule has 2 rings (SSSR count). The third-order valence-corrected chi connectivity index (χ3v) is 4.07. The second-order valence-corrected chi connectivity index (χ2v) is 5.60. The van der Waals surface area contributed by atoms with Crippen molar-refractivity contribution in [3.63, 3.8) is 0 Å². The van der Waals surface area contributed by atoms with Gasteiger partial charge in [0, 0.05) is 5.02 Å². The number of halogens is 2. The molecule has 0 aliphatic rings. The van der Waals surface area contributed by atoms with E-state index >= 15 is 0 Å². The van der Waals surface area contributed by atoms with E-state index in [1.54, 1.807) is 6.92 Å². The number of hydrogen-bond acceptors (Lipinski definition) is 1. The first kappa shape index (κ1) is 15.0. The highest BCUT2D eigenvalue weighted by Gasteiger charge is 2.17.